The zero-order chi connectivity index (χ0) is 15.9. The molecule has 1 heterocycles. The van der Waals surface area contributed by atoms with Gasteiger partial charge in [0, 0.05) is 32.3 Å². The normalized spacial score (nSPS) is 11.3. The molecule has 0 saturated heterocycles. The minimum absolute atomic E-state index is 0.0218. The van der Waals surface area contributed by atoms with Crippen LogP contribution in [-0.4, -0.2) is 43.5 Å². The van der Waals surface area contributed by atoms with Gasteiger partial charge in [-0.15, -0.1) is 0 Å². The van der Waals surface area contributed by atoms with Crippen molar-refractivity contribution in [1.82, 2.24) is 4.57 Å². The van der Waals surface area contributed by atoms with Gasteiger partial charge in [-0.05, 0) is 12.5 Å². The fourth-order valence-electron chi connectivity index (χ4n) is 1.60. The maximum atomic E-state index is 11.8. The zero-order valence-electron chi connectivity index (χ0n) is 11.6. The van der Waals surface area contributed by atoms with Crippen molar-refractivity contribution in [3.8, 4) is 0 Å². The number of sulfonamides is 1. The number of rotatable bonds is 9. The molecule has 21 heavy (non-hydrogen) atoms. The third-order valence-electron chi connectivity index (χ3n) is 2.60. The van der Waals surface area contributed by atoms with Crippen LogP contribution in [0.5, 0.6) is 0 Å². The predicted molar refractivity (Wildman–Crippen MR) is 76.9 cm³/mol. The van der Waals surface area contributed by atoms with Gasteiger partial charge in [-0.25, -0.2) is 8.42 Å². The predicted octanol–water partition coefficient (Wildman–Crippen LogP) is 0.101. The van der Waals surface area contributed by atoms with E-state index in [1.165, 1.54) is 30.0 Å². The minimum atomic E-state index is -3.64. The third kappa shape index (κ3) is 6.41. The monoisotopic (exact) mass is 318 g/mol. The average Bonchev–Trinajstić information content (AvgIpc) is 2.38. The molecule has 0 spiro atoms. The summed E-state index contributed by atoms with van der Waals surface area (Å²) in [5.41, 5.74) is -0.0121. The summed E-state index contributed by atoms with van der Waals surface area (Å²) >= 11 is 0. The molecule has 0 aliphatic heterocycles. The number of nitrogens with zero attached hydrogens (tertiary/aromatic N) is 1. The van der Waals surface area contributed by atoms with E-state index < -0.39 is 16.0 Å². The second-order valence-corrected chi connectivity index (χ2v) is 6.20. The molecule has 0 atom stereocenters. The first-order chi connectivity index (χ1) is 9.84. The van der Waals surface area contributed by atoms with E-state index in [0.717, 1.165) is 0 Å². The number of ether oxygens (including phenoxy) is 1. The number of pyridine rings is 1. The summed E-state index contributed by atoms with van der Waals surface area (Å²) in [6.45, 7) is 0.638. The van der Waals surface area contributed by atoms with Crippen LogP contribution >= 0.6 is 0 Å². The SMILES string of the molecule is COCCn1cc(NS(=O)(=O)CCCC(=O)O)ccc1=O. The molecular weight excluding hydrogens is 300 g/mol. The van der Waals surface area contributed by atoms with Gasteiger partial charge in [0.25, 0.3) is 5.56 Å². The molecule has 2 N–H and O–H groups in total. The van der Waals surface area contributed by atoms with Crippen LogP contribution in [-0.2, 0) is 26.1 Å². The summed E-state index contributed by atoms with van der Waals surface area (Å²) in [6, 6.07) is 2.62. The highest BCUT2D eigenvalue weighted by Crippen LogP contribution is 2.08. The van der Waals surface area contributed by atoms with Crippen molar-refractivity contribution in [2.24, 2.45) is 0 Å². The molecule has 0 unspecified atom stereocenters. The fourth-order valence-corrected chi connectivity index (χ4v) is 2.71. The molecule has 0 fully saturated rings. The molecule has 0 aromatic carbocycles. The van der Waals surface area contributed by atoms with Crippen molar-refractivity contribution >= 4 is 21.7 Å². The van der Waals surface area contributed by atoms with E-state index in [0.29, 0.717) is 13.2 Å². The number of carbonyl (C=O) groups is 1. The minimum Gasteiger partial charge on any atom is -0.481 e. The van der Waals surface area contributed by atoms with Crippen molar-refractivity contribution in [2.75, 3.05) is 24.2 Å². The lowest BCUT2D eigenvalue weighted by atomic mass is 10.3. The molecule has 0 aliphatic carbocycles. The Hall–Kier alpha value is -1.87. The Morgan fingerprint density at radius 2 is 2.14 bits per heavy atom. The van der Waals surface area contributed by atoms with Crippen molar-refractivity contribution < 1.29 is 23.1 Å². The maximum absolute atomic E-state index is 11.8. The van der Waals surface area contributed by atoms with E-state index in [2.05, 4.69) is 4.72 Å². The Bertz CT molecular complexity index is 637. The molecule has 0 radical (unpaired) electrons. The van der Waals surface area contributed by atoms with Gasteiger partial charge in [-0.3, -0.25) is 14.3 Å². The first kappa shape index (κ1) is 17.2. The Labute approximate surface area is 122 Å². The number of hydrogen-bond acceptors (Lipinski definition) is 5. The van der Waals surface area contributed by atoms with Crippen LogP contribution in [0.25, 0.3) is 0 Å². The Morgan fingerprint density at radius 1 is 1.43 bits per heavy atom. The van der Waals surface area contributed by atoms with Crippen LogP contribution < -0.4 is 10.3 Å². The lowest BCUT2D eigenvalue weighted by Gasteiger charge is -2.10. The first-order valence-electron chi connectivity index (χ1n) is 6.26. The second kappa shape index (κ2) is 7.79. The number of hydrogen-bond donors (Lipinski definition) is 2. The molecule has 1 aromatic heterocycles. The molecule has 1 aromatic rings. The Kier molecular flexibility index (Phi) is 6.38. The highest BCUT2D eigenvalue weighted by molar-refractivity contribution is 7.92. The maximum Gasteiger partial charge on any atom is 0.303 e. The average molecular weight is 318 g/mol. The molecule has 0 saturated carbocycles. The smallest absolute Gasteiger partial charge is 0.303 e. The number of anilines is 1. The van der Waals surface area contributed by atoms with E-state index in [-0.39, 0.29) is 29.8 Å². The van der Waals surface area contributed by atoms with Gasteiger partial charge in [0.05, 0.1) is 18.0 Å². The van der Waals surface area contributed by atoms with Crippen LogP contribution in [0.15, 0.2) is 23.1 Å². The van der Waals surface area contributed by atoms with Crippen LogP contribution in [0, 0.1) is 0 Å². The van der Waals surface area contributed by atoms with Gasteiger partial charge < -0.3 is 14.4 Å². The van der Waals surface area contributed by atoms with Gasteiger partial charge in [0.15, 0.2) is 0 Å². The third-order valence-corrected chi connectivity index (χ3v) is 3.97. The number of aromatic nitrogens is 1. The van der Waals surface area contributed by atoms with Gasteiger partial charge in [-0.2, -0.15) is 0 Å². The largest absolute Gasteiger partial charge is 0.481 e. The molecular formula is C12H18N2O6S. The van der Waals surface area contributed by atoms with Gasteiger partial charge >= 0.3 is 5.97 Å². The molecule has 1 rings (SSSR count). The summed E-state index contributed by atoms with van der Waals surface area (Å²) in [6.07, 6.45) is 1.19. The molecule has 0 aliphatic rings. The van der Waals surface area contributed by atoms with E-state index in [4.69, 9.17) is 9.84 Å². The van der Waals surface area contributed by atoms with Gasteiger partial charge in [0.1, 0.15) is 0 Å². The molecule has 9 heteroatoms. The number of carboxylic acid groups (broad SMARTS) is 1. The molecule has 0 bridgehead atoms. The first-order valence-corrected chi connectivity index (χ1v) is 7.91. The van der Waals surface area contributed by atoms with Crippen molar-refractivity contribution in [2.45, 2.75) is 19.4 Å². The van der Waals surface area contributed by atoms with Crippen molar-refractivity contribution in [1.29, 1.82) is 0 Å². The Balaban J connectivity index is 2.73. The summed E-state index contributed by atoms with van der Waals surface area (Å²) in [5, 5.41) is 8.48. The zero-order valence-corrected chi connectivity index (χ0v) is 12.4. The van der Waals surface area contributed by atoms with E-state index in [9.17, 15) is 18.0 Å². The molecule has 0 amide bonds. The number of methoxy groups -OCH3 is 1. The van der Waals surface area contributed by atoms with Crippen molar-refractivity contribution in [3.63, 3.8) is 0 Å². The number of nitrogens with one attached hydrogen (secondary N) is 1. The number of carboxylic acids is 1. The van der Waals surface area contributed by atoms with Crippen LogP contribution in [0.4, 0.5) is 5.69 Å². The summed E-state index contributed by atoms with van der Waals surface area (Å²) in [5.74, 6) is -1.34. The quantitative estimate of drug-likeness (QED) is 0.667. The van der Waals surface area contributed by atoms with Crippen LogP contribution in [0.3, 0.4) is 0 Å². The lowest BCUT2D eigenvalue weighted by molar-refractivity contribution is -0.137. The standard InChI is InChI=1S/C12H18N2O6S/c1-20-7-6-14-9-10(4-5-11(14)15)13-21(18,19)8-2-3-12(16)17/h4-5,9,13H,2-3,6-8H2,1H3,(H,16,17). The highest BCUT2D eigenvalue weighted by atomic mass is 32.2. The fraction of sp³-hybridized carbons (Fsp3) is 0.500. The van der Waals surface area contributed by atoms with Gasteiger partial charge in [-0.1, -0.05) is 0 Å². The Morgan fingerprint density at radius 3 is 2.76 bits per heavy atom. The summed E-state index contributed by atoms with van der Waals surface area (Å²) < 4.78 is 32.1. The number of aliphatic carboxylic acids is 1. The van der Waals surface area contributed by atoms with E-state index in [1.807, 2.05) is 0 Å². The highest BCUT2D eigenvalue weighted by Gasteiger charge is 2.12. The van der Waals surface area contributed by atoms with E-state index in [1.54, 1.807) is 0 Å². The molecule has 8 nitrogen and oxygen atoms in total. The van der Waals surface area contributed by atoms with Crippen molar-refractivity contribution in [3.05, 3.63) is 28.7 Å². The van der Waals surface area contributed by atoms with Gasteiger partial charge in [0.2, 0.25) is 10.0 Å². The van der Waals surface area contributed by atoms with E-state index >= 15 is 0 Å². The topological polar surface area (TPSA) is 115 Å². The lowest BCUT2D eigenvalue weighted by Crippen LogP contribution is -2.23. The summed E-state index contributed by atoms with van der Waals surface area (Å²) in [7, 11) is -2.14. The van der Waals surface area contributed by atoms with Crippen LogP contribution in [0.1, 0.15) is 12.8 Å². The second-order valence-electron chi connectivity index (χ2n) is 4.36. The van der Waals surface area contributed by atoms with Crippen LogP contribution in [0.2, 0.25) is 0 Å². The molecule has 118 valence electrons. The summed E-state index contributed by atoms with van der Waals surface area (Å²) in [4.78, 5) is 21.9.